The van der Waals surface area contributed by atoms with Gasteiger partial charge in [0.2, 0.25) is 0 Å². The van der Waals surface area contributed by atoms with Crippen molar-refractivity contribution in [2.75, 3.05) is 7.11 Å². The third-order valence-electron chi connectivity index (χ3n) is 2.69. The predicted molar refractivity (Wildman–Crippen MR) is 61.4 cm³/mol. The summed E-state index contributed by atoms with van der Waals surface area (Å²) in [6, 6.07) is 4.11. The third kappa shape index (κ3) is 1.58. The van der Waals surface area contributed by atoms with Crippen LogP contribution in [0.15, 0.2) is 18.3 Å². The van der Waals surface area contributed by atoms with E-state index in [-0.39, 0.29) is 0 Å². The zero-order chi connectivity index (χ0) is 11.0. The van der Waals surface area contributed by atoms with Gasteiger partial charge in [-0.2, -0.15) is 5.10 Å². The number of ether oxygens (including phenoxy) is 1. The summed E-state index contributed by atoms with van der Waals surface area (Å²) >= 11 is 0. The molecule has 3 nitrogen and oxygen atoms in total. The average Bonchev–Trinajstić information content (AvgIpc) is 2.59. The summed E-state index contributed by atoms with van der Waals surface area (Å²) in [6.45, 7) is 4.36. The highest BCUT2D eigenvalue weighted by Crippen LogP contribution is 2.29. The average molecular weight is 204 g/mol. The zero-order valence-corrected chi connectivity index (χ0v) is 9.61. The van der Waals surface area contributed by atoms with Gasteiger partial charge in [0.05, 0.1) is 18.8 Å². The number of aryl methyl sites for hydroxylation is 1. The van der Waals surface area contributed by atoms with E-state index in [1.165, 1.54) is 11.1 Å². The number of hydrogen-bond acceptors (Lipinski definition) is 2. The lowest BCUT2D eigenvalue weighted by atomic mass is 10.0. The molecule has 0 atom stereocenters. The van der Waals surface area contributed by atoms with Crippen LogP contribution in [0.4, 0.5) is 0 Å². The van der Waals surface area contributed by atoms with Crippen LogP contribution >= 0.6 is 0 Å². The number of fused-ring (bicyclic) bond motifs is 1. The summed E-state index contributed by atoms with van der Waals surface area (Å²) in [7, 11) is 3.67. The molecule has 0 N–H and O–H groups in total. The molecule has 0 amide bonds. The highest BCUT2D eigenvalue weighted by molar-refractivity contribution is 5.84. The molecule has 0 aliphatic carbocycles. The van der Waals surface area contributed by atoms with Crippen molar-refractivity contribution in [3.05, 3.63) is 23.9 Å². The molecule has 2 aromatic rings. The Kier molecular flexibility index (Phi) is 2.39. The fourth-order valence-electron chi connectivity index (χ4n) is 1.89. The van der Waals surface area contributed by atoms with Crippen LogP contribution in [0.3, 0.4) is 0 Å². The van der Waals surface area contributed by atoms with Gasteiger partial charge in [0.15, 0.2) is 0 Å². The Morgan fingerprint density at radius 3 is 2.67 bits per heavy atom. The molecular formula is C12H16N2O. The maximum absolute atomic E-state index is 5.29. The number of nitrogens with zero attached hydrogens (tertiary/aromatic N) is 2. The van der Waals surface area contributed by atoms with Crippen molar-refractivity contribution in [3.8, 4) is 5.75 Å². The van der Waals surface area contributed by atoms with E-state index in [0.717, 1.165) is 11.1 Å². The van der Waals surface area contributed by atoms with E-state index in [0.29, 0.717) is 5.92 Å². The van der Waals surface area contributed by atoms with E-state index < -0.39 is 0 Å². The van der Waals surface area contributed by atoms with Crippen LogP contribution in [0.5, 0.6) is 5.75 Å². The number of methoxy groups -OCH3 is 1. The molecule has 80 valence electrons. The Bertz CT molecular complexity index is 486. The van der Waals surface area contributed by atoms with Gasteiger partial charge in [0.1, 0.15) is 5.75 Å². The Balaban J connectivity index is 2.77. The van der Waals surface area contributed by atoms with Gasteiger partial charge in [0.25, 0.3) is 0 Å². The van der Waals surface area contributed by atoms with Crippen LogP contribution in [0.1, 0.15) is 25.3 Å². The van der Waals surface area contributed by atoms with Crippen LogP contribution in [0, 0.1) is 0 Å². The first kappa shape index (κ1) is 10.0. The molecule has 1 aromatic carbocycles. The SMILES string of the molecule is COc1cc(C(C)C)c2c(cnn2C)c1. The maximum atomic E-state index is 5.29. The van der Waals surface area contributed by atoms with Crippen LogP contribution in [-0.4, -0.2) is 16.9 Å². The zero-order valence-electron chi connectivity index (χ0n) is 9.61. The smallest absolute Gasteiger partial charge is 0.119 e. The molecule has 0 aliphatic rings. The Morgan fingerprint density at radius 1 is 1.33 bits per heavy atom. The first-order valence-corrected chi connectivity index (χ1v) is 5.13. The molecule has 0 saturated carbocycles. The second-order valence-corrected chi connectivity index (χ2v) is 4.08. The van der Waals surface area contributed by atoms with Gasteiger partial charge in [-0.15, -0.1) is 0 Å². The number of hydrogen-bond donors (Lipinski definition) is 0. The topological polar surface area (TPSA) is 27.1 Å². The van der Waals surface area contributed by atoms with E-state index in [9.17, 15) is 0 Å². The molecule has 2 rings (SSSR count). The summed E-state index contributed by atoms with van der Waals surface area (Å²) < 4.78 is 7.21. The van der Waals surface area contributed by atoms with Gasteiger partial charge >= 0.3 is 0 Å². The minimum Gasteiger partial charge on any atom is -0.497 e. The summed E-state index contributed by atoms with van der Waals surface area (Å²) in [5.41, 5.74) is 2.48. The minimum absolute atomic E-state index is 0.470. The molecule has 0 saturated heterocycles. The standard InChI is InChI=1S/C12H16N2O/c1-8(2)11-6-10(15-4)5-9-7-13-14(3)12(9)11/h5-8H,1-4H3. The highest BCUT2D eigenvalue weighted by Gasteiger charge is 2.11. The van der Waals surface area contributed by atoms with E-state index in [1.807, 2.05) is 24.0 Å². The summed E-state index contributed by atoms with van der Waals surface area (Å²) in [5, 5.41) is 5.41. The third-order valence-corrected chi connectivity index (χ3v) is 2.69. The summed E-state index contributed by atoms with van der Waals surface area (Å²) in [6.07, 6.45) is 1.88. The van der Waals surface area contributed by atoms with E-state index in [2.05, 4.69) is 25.0 Å². The van der Waals surface area contributed by atoms with Gasteiger partial charge < -0.3 is 4.74 Å². The first-order chi connectivity index (χ1) is 7.13. The Morgan fingerprint density at radius 2 is 2.07 bits per heavy atom. The molecular weight excluding hydrogens is 188 g/mol. The normalized spacial score (nSPS) is 11.3. The van der Waals surface area contributed by atoms with Crippen LogP contribution in [0.2, 0.25) is 0 Å². The van der Waals surface area contributed by atoms with Crippen molar-refractivity contribution in [1.82, 2.24) is 9.78 Å². The monoisotopic (exact) mass is 204 g/mol. The predicted octanol–water partition coefficient (Wildman–Crippen LogP) is 2.71. The fraction of sp³-hybridized carbons (Fsp3) is 0.417. The highest BCUT2D eigenvalue weighted by atomic mass is 16.5. The number of benzene rings is 1. The lowest BCUT2D eigenvalue weighted by Gasteiger charge is -2.10. The van der Waals surface area contributed by atoms with Gasteiger partial charge in [0, 0.05) is 12.4 Å². The van der Waals surface area contributed by atoms with E-state index in [1.54, 1.807) is 7.11 Å². The van der Waals surface area contributed by atoms with Crippen molar-refractivity contribution in [3.63, 3.8) is 0 Å². The molecule has 0 aliphatic heterocycles. The second kappa shape index (κ2) is 3.57. The van der Waals surface area contributed by atoms with Gasteiger partial charge in [-0.3, -0.25) is 4.68 Å². The van der Waals surface area contributed by atoms with E-state index in [4.69, 9.17) is 4.74 Å². The summed E-state index contributed by atoms with van der Waals surface area (Å²) in [5.74, 6) is 1.37. The van der Waals surface area contributed by atoms with Gasteiger partial charge in [-0.25, -0.2) is 0 Å². The van der Waals surface area contributed by atoms with Crippen LogP contribution in [0.25, 0.3) is 10.9 Å². The molecule has 0 radical (unpaired) electrons. The van der Waals surface area contributed by atoms with Crippen LogP contribution in [-0.2, 0) is 7.05 Å². The molecule has 0 spiro atoms. The lowest BCUT2D eigenvalue weighted by Crippen LogP contribution is -1.97. The molecule has 0 fully saturated rings. The molecule has 0 unspecified atom stereocenters. The number of aromatic nitrogens is 2. The molecule has 15 heavy (non-hydrogen) atoms. The lowest BCUT2D eigenvalue weighted by molar-refractivity contribution is 0.414. The van der Waals surface area contributed by atoms with Gasteiger partial charge in [-0.1, -0.05) is 13.8 Å². The van der Waals surface area contributed by atoms with Crippen molar-refractivity contribution in [1.29, 1.82) is 0 Å². The second-order valence-electron chi connectivity index (χ2n) is 4.08. The van der Waals surface area contributed by atoms with Crippen molar-refractivity contribution < 1.29 is 4.74 Å². The maximum Gasteiger partial charge on any atom is 0.119 e. The van der Waals surface area contributed by atoms with Crippen LogP contribution < -0.4 is 4.74 Å². The fourth-order valence-corrected chi connectivity index (χ4v) is 1.89. The summed E-state index contributed by atoms with van der Waals surface area (Å²) in [4.78, 5) is 0. The van der Waals surface area contributed by atoms with Crippen molar-refractivity contribution in [2.24, 2.45) is 7.05 Å². The quantitative estimate of drug-likeness (QED) is 0.752. The van der Waals surface area contributed by atoms with Crippen molar-refractivity contribution in [2.45, 2.75) is 19.8 Å². The molecule has 0 bridgehead atoms. The number of rotatable bonds is 2. The molecule has 1 heterocycles. The molecule has 3 heteroatoms. The van der Waals surface area contributed by atoms with Gasteiger partial charge in [-0.05, 0) is 23.6 Å². The first-order valence-electron chi connectivity index (χ1n) is 5.13. The molecule has 1 aromatic heterocycles. The van der Waals surface area contributed by atoms with Crippen molar-refractivity contribution >= 4 is 10.9 Å². The van der Waals surface area contributed by atoms with E-state index >= 15 is 0 Å². The Labute approximate surface area is 89.7 Å². The minimum atomic E-state index is 0.470. The largest absolute Gasteiger partial charge is 0.497 e. The Hall–Kier alpha value is -1.51.